The van der Waals surface area contributed by atoms with Crippen LogP contribution in [0.5, 0.6) is 5.75 Å². The number of likely N-dealkylation sites (N-methyl/N-ethyl adjacent to an activating group) is 2. The number of rotatable bonds is 12. The third kappa shape index (κ3) is 6.54. The van der Waals surface area contributed by atoms with E-state index in [1.165, 1.54) is 18.4 Å². The van der Waals surface area contributed by atoms with Crippen molar-refractivity contribution >= 4 is 0 Å². The maximum absolute atomic E-state index is 6.15. The molecule has 2 N–H and O–H groups in total. The predicted octanol–water partition coefficient (Wildman–Crippen LogP) is 3.47. The molecule has 0 atom stereocenters. The van der Waals surface area contributed by atoms with Gasteiger partial charge in [-0.1, -0.05) is 0 Å². The average molecular weight is 443 g/mol. The molecule has 32 heavy (non-hydrogen) atoms. The highest BCUT2D eigenvalue weighted by Gasteiger charge is 2.31. The average Bonchev–Trinajstić information content (AvgIpc) is 3.25. The summed E-state index contributed by atoms with van der Waals surface area (Å²) in [4.78, 5) is 2.29. The summed E-state index contributed by atoms with van der Waals surface area (Å²) < 4.78 is 17.6. The molecule has 0 unspecified atom stereocenters. The number of ether oxygens (including phenoxy) is 3. The molecule has 1 aliphatic heterocycles. The smallest absolute Gasteiger partial charge is 0.119 e. The molecule has 4 rings (SSSR count). The summed E-state index contributed by atoms with van der Waals surface area (Å²) in [5, 5.41) is 10.6. The first-order chi connectivity index (χ1) is 15.7. The van der Waals surface area contributed by atoms with E-state index in [9.17, 15) is 0 Å². The monoisotopic (exact) mass is 442 g/mol. The zero-order valence-corrected chi connectivity index (χ0v) is 19.5. The van der Waals surface area contributed by atoms with Crippen molar-refractivity contribution < 1.29 is 14.2 Å². The van der Waals surface area contributed by atoms with Gasteiger partial charge in [0.15, 0.2) is 0 Å². The van der Waals surface area contributed by atoms with Crippen LogP contribution >= 0.6 is 0 Å². The topological polar surface area (TPSA) is 71.6 Å². The Kier molecular flexibility index (Phi) is 8.56. The number of benzene rings is 1. The van der Waals surface area contributed by atoms with E-state index in [-0.39, 0.29) is 6.10 Å². The Hall–Kier alpha value is -1.93. The fraction of sp³-hybridized carbons (Fsp3) is 0.640. The predicted molar refractivity (Wildman–Crippen MR) is 126 cm³/mol. The molecule has 1 saturated carbocycles. The van der Waals surface area contributed by atoms with E-state index < -0.39 is 0 Å². The molecule has 7 nitrogen and oxygen atoms in total. The molecule has 0 amide bonds. The molecule has 176 valence electrons. The van der Waals surface area contributed by atoms with Crippen molar-refractivity contribution in [1.82, 2.24) is 20.4 Å². The fourth-order valence-corrected chi connectivity index (χ4v) is 4.43. The van der Waals surface area contributed by atoms with Crippen molar-refractivity contribution in [1.29, 1.82) is 0 Å². The molecule has 1 aromatic carbocycles. The molecule has 1 aromatic heterocycles. The lowest BCUT2D eigenvalue weighted by molar-refractivity contribution is -0.0665. The summed E-state index contributed by atoms with van der Waals surface area (Å²) in [5.41, 5.74) is 3.42. The van der Waals surface area contributed by atoms with Gasteiger partial charge >= 0.3 is 0 Å². The van der Waals surface area contributed by atoms with E-state index in [1.54, 1.807) is 0 Å². The van der Waals surface area contributed by atoms with Crippen LogP contribution in [0.25, 0.3) is 11.3 Å². The third-order valence-corrected chi connectivity index (χ3v) is 6.62. The van der Waals surface area contributed by atoms with Crippen molar-refractivity contribution in [3.63, 3.8) is 0 Å². The lowest BCUT2D eigenvalue weighted by Gasteiger charge is -2.35. The fourth-order valence-electron chi connectivity index (χ4n) is 4.43. The van der Waals surface area contributed by atoms with Gasteiger partial charge in [0.1, 0.15) is 11.9 Å². The molecule has 2 fully saturated rings. The second-order valence-electron chi connectivity index (χ2n) is 9.18. The molecular weight excluding hydrogens is 404 g/mol. The van der Waals surface area contributed by atoms with Crippen LogP contribution in [-0.2, 0) is 16.0 Å². The van der Waals surface area contributed by atoms with E-state index >= 15 is 0 Å². The lowest BCUT2D eigenvalue weighted by Crippen LogP contribution is -2.39. The minimum absolute atomic E-state index is 0.262. The van der Waals surface area contributed by atoms with E-state index in [0.717, 1.165) is 81.6 Å². The second kappa shape index (κ2) is 11.8. The van der Waals surface area contributed by atoms with Gasteiger partial charge in [-0.05, 0) is 63.5 Å². The lowest BCUT2D eigenvalue weighted by atomic mass is 9.91. The van der Waals surface area contributed by atoms with Gasteiger partial charge in [0.05, 0.1) is 18.0 Å². The Morgan fingerprint density at radius 1 is 1.16 bits per heavy atom. The minimum atomic E-state index is 0.262. The summed E-state index contributed by atoms with van der Waals surface area (Å²) in [5.74, 6) is 1.70. The summed E-state index contributed by atoms with van der Waals surface area (Å²) in [6.45, 7) is 5.53. The zero-order chi connectivity index (χ0) is 22.2. The zero-order valence-electron chi connectivity index (χ0n) is 19.5. The van der Waals surface area contributed by atoms with Crippen molar-refractivity contribution in [3.05, 3.63) is 36.0 Å². The molecule has 1 aliphatic carbocycles. The number of nitrogens with one attached hydrogen (secondary N) is 2. The number of nitrogens with zero attached hydrogens (tertiary/aromatic N) is 2. The van der Waals surface area contributed by atoms with Crippen LogP contribution in [0.3, 0.4) is 0 Å². The third-order valence-electron chi connectivity index (χ3n) is 6.62. The van der Waals surface area contributed by atoms with Crippen molar-refractivity contribution in [2.45, 2.75) is 50.9 Å². The van der Waals surface area contributed by atoms with Crippen LogP contribution in [0.15, 0.2) is 30.5 Å². The van der Waals surface area contributed by atoms with Gasteiger partial charge in [-0.15, -0.1) is 0 Å². The molecule has 0 spiro atoms. The maximum Gasteiger partial charge on any atom is 0.119 e. The number of aromatic amines is 1. The van der Waals surface area contributed by atoms with Gasteiger partial charge in [-0.25, -0.2) is 0 Å². The minimum Gasteiger partial charge on any atom is -0.490 e. The maximum atomic E-state index is 6.15. The highest BCUT2D eigenvalue weighted by Crippen LogP contribution is 2.31. The second-order valence-corrected chi connectivity index (χ2v) is 9.18. The summed E-state index contributed by atoms with van der Waals surface area (Å²) >= 11 is 0. The molecule has 2 aromatic rings. The van der Waals surface area contributed by atoms with Crippen molar-refractivity contribution in [2.75, 3.05) is 47.0 Å². The van der Waals surface area contributed by atoms with Gasteiger partial charge in [0, 0.05) is 63.4 Å². The first kappa shape index (κ1) is 23.2. The molecule has 7 heteroatoms. The van der Waals surface area contributed by atoms with Crippen LogP contribution in [0.2, 0.25) is 0 Å². The van der Waals surface area contributed by atoms with E-state index in [1.807, 2.05) is 13.2 Å². The number of H-pyrrole nitrogens is 1. The molecule has 0 bridgehead atoms. The Balaban J connectivity index is 1.19. The van der Waals surface area contributed by atoms with Gasteiger partial charge < -0.3 is 24.4 Å². The Morgan fingerprint density at radius 3 is 2.69 bits per heavy atom. The van der Waals surface area contributed by atoms with Gasteiger partial charge in [-0.3, -0.25) is 5.10 Å². The SMILES string of the molecule is CNCCN(C)Cc1cn[nH]c1-c1ccc(OC2CC(OCCC3CCOCC3)C2)cc1. The van der Waals surface area contributed by atoms with Crippen LogP contribution < -0.4 is 10.1 Å². The van der Waals surface area contributed by atoms with E-state index in [0.29, 0.717) is 6.10 Å². The normalized spacial score (nSPS) is 21.6. The summed E-state index contributed by atoms with van der Waals surface area (Å²) in [7, 11) is 4.11. The quantitative estimate of drug-likeness (QED) is 0.525. The Morgan fingerprint density at radius 2 is 1.94 bits per heavy atom. The molecule has 2 heterocycles. The Bertz CT molecular complexity index is 798. The van der Waals surface area contributed by atoms with Gasteiger partial charge in [-0.2, -0.15) is 5.10 Å². The molecule has 1 saturated heterocycles. The Labute approximate surface area is 191 Å². The molecular formula is C25H38N4O3. The standard InChI is InChI=1S/C25H38N4O3/c1-26-10-11-29(2)18-21-17-27-28-25(21)20-3-5-22(6-4-20)32-24-15-23(16-24)31-14-9-19-7-12-30-13-8-19/h3-6,17,19,23-24,26H,7-16,18H2,1-2H3,(H,27,28). The number of hydrogen-bond acceptors (Lipinski definition) is 6. The highest BCUT2D eigenvalue weighted by molar-refractivity contribution is 5.63. The largest absolute Gasteiger partial charge is 0.490 e. The number of aromatic nitrogens is 2. The van der Waals surface area contributed by atoms with Crippen LogP contribution in [0.1, 0.15) is 37.7 Å². The van der Waals surface area contributed by atoms with E-state index in [2.05, 4.69) is 51.7 Å². The first-order valence-corrected chi connectivity index (χ1v) is 12.0. The number of hydrogen-bond donors (Lipinski definition) is 2. The van der Waals surface area contributed by atoms with Crippen molar-refractivity contribution in [2.24, 2.45) is 5.92 Å². The molecule has 0 radical (unpaired) electrons. The van der Waals surface area contributed by atoms with Crippen LogP contribution in [-0.4, -0.2) is 74.3 Å². The van der Waals surface area contributed by atoms with Gasteiger partial charge in [0.25, 0.3) is 0 Å². The van der Waals surface area contributed by atoms with Crippen LogP contribution in [0, 0.1) is 5.92 Å². The van der Waals surface area contributed by atoms with Gasteiger partial charge in [0.2, 0.25) is 0 Å². The summed E-state index contributed by atoms with van der Waals surface area (Å²) in [6, 6.07) is 8.34. The highest BCUT2D eigenvalue weighted by atomic mass is 16.5. The summed E-state index contributed by atoms with van der Waals surface area (Å²) in [6.07, 6.45) is 8.04. The van der Waals surface area contributed by atoms with Crippen molar-refractivity contribution in [3.8, 4) is 17.0 Å². The molecule has 2 aliphatic rings. The first-order valence-electron chi connectivity index (χ1n) is 12.0. The van der Waals surface area contributed by atoms with E-state index in [4.69, 9.17) is 14.2 Å². The van der Waals surface area contributed by atoms with Crippen LogP contribution in [0.4, 0.5) is 0 Å².